The highest BCUT2D eigenvalue weighted by Gasteiger charge is 2.45. The van der Waals surface area contributed by atoms with Crippen LogP contribution in [0.3, 0.4) is 0 Å². The van der Waals surface area contributed by atoms with E-state index in [1.54, 1.807) is 12.1 Å². The molecule has 0 aromatic heterocycles. The maximum Gasteiger partial charge on any atom is 0.297 e. The van der Waals surface area contributed by atoms with Crippen LogP contribution in [0.5, 0.6) is 0 Å². The maximum absolute atomic E-state index is 13.1. The first-order valence-corrected chi connectivity index (χ1v) is 13.8. The van der Waals surface area contributed by atoms with Gasteiger partial charge in [-0.3, -0.25) is 38.4 Å². The highest BCUT2D eigenvalue weighted by molar-refractivity contribution is 7.86. The van der Waals surface area contributed by atoms with Crippen molar-refractivity contribution >= 4 is 45.3 Å². The zero-order chi connectivity index (χ0) is 28.9. The van der Waals surface area contributed by atoms with E-state index in [0.717, 1.165) is 10.5 Å². The summed E-state index contributed by atoms with van der Waals surface area (Å²) in [6.07, 6.45) is 0.0104. The Balaban J connectivity index is 1.20. The molecule has 0 spiro atoms. The van der Waals surface area contributed by atoms with Crippen LogP contribution in [-0.2, 0) is 38.2 Å². The first kappa shape index (κ1) is 29.0. The number of nitrogens with one attached hydrogen (secondary N) is 2. The lowest BCUT2D eigenvalue weighted by atomic mass is 10.0. The van der Waals surface area contributed by atoms with E-state index in [1.165, 1.54) is 30.3 Å². The third kappa shape index (κ3) is 6.59. The number of imide groups is 2. The van der Waals surface area contributed by atoms with Crippen LogP contribution in [0.2, 0.25) is 0 Å². The predicted molar refractivity (Wildman–Crippen MR) is 138 cm³/mol. The number of benzene rings is 2. The number of ether oxygens (including phenoxy) is 2. The lowest BCUT2D eigenvalue weighted by molar-refractivity contribution is -0.136. The molecule has 2 N–H and O–H groups in total. The monoisotopic (exact) mass is 573 g/mol. The van der Waals surface area contributed by atoms with Gasteiger partial charge in [-0.05, 0) is 37.6 Å². The molecular weight excluding hydrogens is 546 g/mol. The summed E-state index contributed by atoms with van der Waals surface area (Å²) in [6, 6.07) is 9.48. The van der Waals surface area contributed by atoms with Gasteiger partial charge in [-0.15, -0.1) is 0 Å². The number of fused-ring (bicyclic) bond motifs is 1. The fourth-order valence-electron chi connectivity index (χ4n) is 4.17. The van der Waals surface area contributed by atoms with Gasteiger partial charge in [0, 0.05) is 6.42 Å². The van der Waals surface area contributed by atoms with E-state index in [2.05, 4.69) is 10.6 Å². The normalized spacial score (nSPS) is 17.1. The van der Waals surface area contributed by atoms with E-state index < -0.39 is 45.7 Å². The molecule has 1 fully saturated rings. The number of hydrogen-bond acceptors (Lipinski definition) is 10. The standard InChI is InChI=1S/C26H27N3O10S/c1-16-5-7-17(8-6-16)40(35,36)39-14-13-37-11-12-38-15-22(31)27-19-4-2-3-18-23(19)26(34)29(25(18)33)20-9-10-21(30)28-24(20)32/h2-8,20H,9-15H2,1H3,(H,27,31)(H,28,30,32). The van der Waals surface area contributed by atoms with E-state index in [9.17, 15) is 32.4 Å². The summed E-state index contributed by atoms with van der Waals surface area (Å²) in [5.74, 6) is -3.23. The lowest BCUT2D eigenvalue weighted by Crippen LogP contribution is -2.54. The molecule has 2 heterocycles. The van der Waals surface area contributed by atoms with Crippen LogP contribution in [-0.4, -0.2) is 81.9 Å². The summed E-state index contributed by atoms with van der Waals surface area (Å²) in [7, 11) is -3.89. The first-order chi connectivity index (χ1) is 19.1. The van der Waals surface area contributed by atoms with Crippen molar-refractivity contribution in [2.75, 3.05) is 38.4 Å². The highest BCUT2D eigenvalue weighted by atomic mass is 32.2. The Morgan fingerprint density at radius 1 is 0.975 bits per heavy atom. The maximum atomic E-state index is 13.1. The van der Waals surface area contributed by atoms with Crippen LogP contribution in [0, 0.1) is 6.92 Å². The number of aryl methyl sites for hydroxylation is 1. The Labute approximate surface area is 229 Å². The number of nitrogens with zero attached hydrogens (tertiary/aromatic N) is 1. The average molecular weight is 574 g/mol. The van der Waals surface area contributed by atoms with Gasteiger partial charge in [0.05, 0.1) is 48.1 Å². The molecule has 13 nitrogen and oxygen atoms in total. The number of carbonyl (C=O) groups is 5. The minimum atomic E-state index is -3.89. The van der Waals surface area contributed by atoms with Gasteiger partial charge in [-0.1, -0.05) is 23.8 Å². The summed E-state index contributed by atoms with van der Waals surface area (Å²) in [6.45, 7) is 1.33. The molecule has 4 rings (SSSR count). The second-order valence-electron chi connectivity index (χ2n) is 8.98. The molecular formula is C26H27N3O10S. The van der Waals surface area contributed by atoms with Gasteiger partial charge in [-0.2, -0.15) is 8.42 Å². The molecule has 0 radical (unpaired) electrons. The third-order valence-corrected chi connectivity index (χ3v) is 7.45. The van der Waals surface area contributed by atoms with Gasteiger partial charge < -0.3 is 14.8 Å². The molecule has 1 atom stereocenters. The molecule has 212 valence electrons. The number of rotatable bonds is 12. The molecule has 2 aliphatic rings. The molecule has 1 saturated heterocycles. The summed E-state index contributed by atoms with van der Waals surface area (Å²) < 4.78 is 39.7. The smallest absolute Gasteiger partial charge is 0.297 e. The Kier molecular flexibility index (Phi) is 9.04. The summed E-state index contributed by atoms with van der Waals surface area (Å²) in [5, 5.41) is 4.66. The van der Waals surface area contributed by atoms with Crippen molar-refractivity contribution in [3.8, 4) is 0 Å². The van der Waals surface area contributed by atoms with Crippen molar-refractivity contribution in [3.05, 3.63) is 59.2 Å². The van der Waals surface area contributed by atoms with Crippen LogP contribution >= 0.6 is 0 Å². The Morgan fingerprint density at radius 3 is 2.40 bits per heavy atom. The van der Waals surface area contributed by atoms with Crippen LogP contribution in [0.1, 0.15) is 39.1 Å². The molecule has 0 bridgehead atoms. The third-order valence-electron chi connectivity index (χ3n) is 6.12. The number of carbonyl (C=O) groups excluding carboxylic acids is 5. The fourth-order valence-corrected chi connectivity index (χ4v) is 5.06. The number of hydrogen-bond donors (Lipinski definition) is 2. The van der Waals surface area contributed by atoms with Crippen LogP contribution < -0.4 is 10.6 Å². The van der Waals surface area contributed by atoms with Gasteiger partial charge >= 0.3 is 0 Å². The molecule has 40 heavy (non-hydrogen) atoms. The minimum Gasteiger partial charge on any atom is -0.377 e. The van der Waals surface area contributed by atoms with Crippen molar-refractivity contribution < 1.29 is 46.0 Å². The zero-order valence-electron chi connectivity index (χ0n) is 21.5. The fraction of sp³-hybridized carbons (Fsp3) is 0.346. The average Bonchev–Trinajstić information content (AvgIpc) is 3.16. The van der Waals surface area contributed by atoms with Gasteiger partial charge in [0.15, 0.2) is 0 Å². The molecule has 0 aliphatic carbocycles. The largest absolute Gasteiger partial charge is 0.377 e. The van der Waals surface area contributed by atoms with Crippen molar-refractivity contribution in [3.63, 3.8) is 0 Å². The van der Waals surface area contributed by atoms with E-state index in [1.807, 2.05) is 6.92 Å². The zero-order valence-corrected chi connectivity index (χ0v) is 22.3. The molecule has 1 unspecified atom stereocenters. The van der Waals surface area contributed by atoms with Crippen molar-refractivity contribution in [1.82, 2.24) is 10.2 Å². The Hall–Kier alpha value is -3.98. The van der Waals surface area contributed by atoms with Crippen LogP contribution in [0.4, 0.5) is 5.69 Å². The molecule has 2 aromatic carbocycles. The summed E-state index contributed by atoms with van der Waals surface area (Å²) >= 11 is 0. The number of piperidine rings is 1. The molecule has 5 amide bonds. The van der Waals surface area contributed by atoms with Crippen molar-refractivity contribution in [1.29, 1.82) is 0 Å². The summed E-state index contributed by atoms with van der Waals surface area (Å²) in [5.41, 5.74) is 0.994. The molecule has 2 aromatic rings. The van der Waals surface area contributed by atoms with Crippen LogP contribution in [0.15, 0.2) is 47.4 Å². The SMILES string of the molecule is Cc1ccc(S(=O)(=O)OCCOCCOCC(=O)Nc2cccc3c2C(=O)N(C2CCC(=O)NC2=O)C3=O)cc1. The van der Waals surface area contributed by atoms with Crippen molar-refractivity contribution in [2.45, 2.75) is 30.7 Å². The topological polar surface area (TPSA) is 174 Å². The molecule has 2 aliphatic heterocycles. The van der Waals surface area contributed by atoms with Crippen LogP contribution in [0.25, 0.3) is 0 Å². The number of amides is 5. The van der Waals surface area contributed by atoms with Gasteiger partial charge in [0.25, 0.3) is 21.9 Å². The van der Waals surface area contributed by atoms with Gasteiger partial charge in [0.1, 0.15) is 12.6 Å². The van der Waals surface area contributed by atoms with E-state index in [-0.39, 0.29) is 67.6 Å². The Morgan fingerprint density at radius 2 is 1.68 bits per heavy atom. The second-order valence-corrected chi connectivity index (χ2v) is 10.6. The van der Waals surface area contributed by atoms with Gasteiger partial charge in [0.2, 0.25) is 17.7 Å². The van der Waals surface area contributed by atoms with E-state index >= 15 is 0 Å². The second kappa shape index (κ2) is 12.5. The number of anilines is 1. The van der Waals surface area contributed by atoms with Gasteiger partial charge in [-0.25, -0.2) is 0 Å². The predicted octanol–water partition coefficient (Wildman–Crippen LogP) is 0.773. The summed E-state index contributed by atoms with van der Waals surface area (Å²) in [4.78, 5) is 62.9. The van der Waals surface area contributed by atoms with E-state index in [4.69, 9.17) is 13.7 Å². The van der Waals surface area contributed by atoms with E-state index in [0.29, 0.717) is 0 Å². The first-order valence-electron chi connectivity index (χ1n) is 12.3. The molecule has 14 heteroatoms. The Bertz CT molecular complexity index is 1440. The quantitative estimate of drug-likeness (QED) is 0.210. The molecule has 0 saturated carbocycles. The highest BCUT2D eigenvalue weighted by Crippen LogP contribution is 2.32. The van der Waals surface area contributed by atoms with Crippen molar-refractivity contribution in [2.24, 2.45) is 0 Å². The lowest BCUT2D eigenvalue weighted by Gasteiger charge is -2.27. The minimum absolute atomic E-state index is 0.00594.